The summed E-state index contributed by atoms with van der Waals surface area (Å²) in [5.41, 5.74) is 6.19. The number of carbonyl (C=O) groups excluding carboxylic acids is 1. The Bertz CT molecular complexity index is 618. The number of amides is 1. The minimum absolute atomic E-state index is 0. The van der Waals surface area contributed by atoms with Crippen molar-refractivity contribution in [3.63, 3.8) is 0 Å². The fourth-order valence-electron chi connectivity index (χ4n) is 3.34. The molecule has 2 rings (SSSR count). The number of ether oxygens (including phenoxy) is 2. The first-order valence-electron chi connectivity index (χ1n) is 9.56. The minimum Gasteiger partial charge on any atom is -0.493 e. The Kier molecular flexibility index (Phi) is 8.14. The molecular weight excluding hydrogens is 364 g/mol. The number of nitrogens with one attached hydrogen (secondary N) is 1. The number of carbonyl (C=O) groups is 1. The van der Waals surface area contributed by atoms with Gasteiger partial charge in [0.15, 0.2) is 0 Å². The van der Waals surface area contributed by atoms with Crippen LogP contribution in [0.1, 0.15) is 59.6 Å². The van der Waals surface area contributed by atoms with Crippen molar-refractivity contribution < 1.29 is 14.3 Å². The van der Waals surface area contributed by atoms with Crippen LogP contribution in [0.3, 0.4) is 0 Å². The van der Waals surface area contributed by atoms with E-state index in [1.54, 1.807) is 0 Å². The zero-order valence-corrected chi connectivity index (χ0v) is 18.2. The number of hydrogen-bond acceptors (Lipinski definition) is 4. The first-order valence-corrected chi connectivity index (χ1v) is 9.56. The molecule has 3 N–H and O–H groups in total. The largest absolute Gasteiger partial charge is 0.493 e. The molecule has 1 saturated carbocycles. The molecule has 3 atom stereocenters. The average molecular weight is 399 g/mol. The second kappa shape index (κ2) is 9.26. The van der Waals surface area contributed by atoms with Crippen LogP contribution in [0.4, 0.5) is 0 Å². The second-order valence-corrected chi connectivity index (χ2v) is 8.31. The number of rotatable bonds is 8. The third kappa shape index (κ3) is 4.95. The van der Waals surface area contributed by atoms with E-state index in [1.165, 1.54) is 0 Å². The minimum atomic E-state index is -0.901. The summed E-state index contributed by atoms with van der Waals surface area (Å²) < 4.78 is 11.4. The van der Waals surface area contributed by atoms with E-state index in [2.05, 4.69) is 19.2 Å². The van der Waals surface area contributed by atoms with Crippen molar-refractivity contribution in [3.8, 4) is 5.75 Å². The van der Waals surface area contributed by atoms with Crippen LogP contribution in [0.2, 0.25) is 0 Å². The van der Waals surface area contributed by atoms with Gasteiger partial charge in [-0.15, -0.1) is 12.4 Å². The van der Waals surface area contributed by atoms with Gasteiger partial charge in [-0.2, -0.15) is 0 Å². The van der Waals surface area contributed by atoms with Crippen LogP contribution in [0.15, 0.2) is 24.3 Å². The summed E-state index contributed by atoms with van der Waals surface area (Å²) in [6.07, 6.45) is 0.574. The van der Waals surface area contributed by atoms with Gasteiger partial charge in [0.05, 0.1) is 18.8 Å². The molecule has 1 aromatic rings. The van der Waals surface area contributed by atoms with Crippen molar-refractivity contribution in [3.05, 3.63) is 29.8 Å². The highest BCUT2D eigenvalue weighted by Crippen LogP contribution is 2.50. The Morgan fingerprint density at radius 1 is 1.26 bits per heavy atom. The van der Waals surface area contributed by atoms with E-state index in [4.69, 9.17) is 15.2 Å². The quantitative estimate of drug-likeness (QED) is 0.697. The highest BCUT2D eigenvalue weighted by molar-refractivity contribution is 5.89. The van der Waals surface area contributed by atoms with E-state index in [1.807, 2.05) is 52.0 Å². The number of halogens is 1. The molecule has 0 spiro atoms. The van der Waals surface area contributed by atoms with Crippen molar-refractivity contribution in [2.45, 2.75) is 65.6 Å². The first-order chi connectivity index (χ1) is 12.1. The number of benzene rings is 1. The van der Waals surface area contributed by atoms with Crippen LogP contribution < -0.4 is 15.8 Å². The molecule has 0 aliphatic heterocycles. The maximum Gasteiger partial charge on any atom is 0.241 e. The van der Waals surface area contributed by atoms with Crippen LogP contribution >= 0.6 is 12.4 Å². The predicted molar refractivity (Wildman–Crippen MR) is 111 cm³/mol. The van der Waals surface area contributed by atoms with Gasteiger partial charge in [0.1, 0.15) is 11.3 Å². The molecule has 0 heterocycles. The van der Waals surface area contributed by atoms with E-state index < -0.39 is 5.54 Å². The van der Waals surface area contributed by atoms with Gasteiger partial charge in [-0.3, -0.25) is 4.79 Å². The molecule has 1 aliphatic rings. The van der Waals surface area contributed by atoms with Gasteiger partial charge in [0.2, 0.25) is 5.91 Å². The number of hydrogen-bond donors (Lipinski definition) is 2. The molecule has 6 heteroatoms. The monoisotopic (exact) mass is 398 g/mol. The molecular formula is C21H35ClN2O3. The van der Waals surface area contributed by atoms with Crippen molar-refractivity contribution in [2.75, 3.05) is 13.2 Å². The molecule has 3 unspecified atom stereocenters. The van der Waals surface area contributed by atoms with Crippen LogP contribution in [0, 0.1) is 11.3 Å². The van der Waals surface area contributed by atoms with Gasteiger partial charge < -0.3 is 20.5 Å². The average Bonchev–Trinajstić information content (AvgIpc) is 2.59. The smallest absolute Gasteiger partial charge is 0.241 e. The third-order valence-corrected chi connectivity index (χ3v) is 5.55. The Morgan fingerprint density at radius 2 is 1.85 bits per heavy atom. The maximum absolute atomic E-state index is 12.8. The van der Waals surface area contributed by atoms with Crippen molar-refractivity contribution >= 4 is 18.3 Å². The Balaban J connectivity index is 0.00000364. The lowest BCUT2D eigenvalue weighted by Crippen LogP contribution is -2.75. The summed E-state index contributed by atoms with van der Waals surface area (Å²) in [5, 5.41) is 3.07. The van der Waals surface area contributed by atoms with E-state index in [9.17, 15) is 4.79 Å². The zero-order valence-electron chi connectivity index (χ0n) is 17.4. The van der Waals surface area contributed by atoms with Gasteiger partial charge >= 0.3 is 0 Å². The van der Waals surface area contributed by atoms with Gasteiger partial charge in [0, 0.05) is 18.4 Å². The Hall–Kier alpha value is -1.30. The summed E-state index contributed by atoms with van der Waals surface area (Å²) in [6, 6.07) is 7.73. The molecule has 27 heavy (non-hydrogen) atoms. The molecule has 1 aliphatic carbocycles. The molecule has 154 valence electrons. The molecule has 0 bridgehead atoms. The third-order valence-electron chi connectivity index (χ3n) is 5.55. The highest BCUT2D eigenvalue weighted by Gasteiger charge is 2.62. The van der Waals surface area contributed by atoms with E-state index in [-0.39, 0.29) is 35.9 Å². The van der Waals surface area contributed by atoms with Gasteiger partial charge in [-0.25, -0.2) is 0 Å². The van der Waals surface area contributed by atoms with E-state index >= 15 is 0 Å². The zero-order chi connectivity index (χ0) is 19.5. The summed E-state index contributed by atoms with van der Waals surface area (Å²) in [6.45, 7) is 13.5. The predicted octanol–water partition coefficient (Wildman–Crippen LogP) is 3.85. The summed E-state index contributed by atoms with van der Waals surface area (Å²) in [5.74, 6) is 1.21. The highest BCUT2D eigenvalue weighted by atomic mass is 35.5. The molecule has 0 radical (unpaired) electrons. The van der Waals surface area contributed by atoms with Crippen LogP contribution in [-0.4, -0.2) is 30.8 Å². The van der Waals surface area contributed by atoms with Crippen molar-refractivity contribution in [2.24, 2.45) is 17.1 Å². The lowest BCUT2D eigenvalue weighted by Gasteiger charge is -2.57. The SMILES string of the molecule is CCOC1CC(N)(C(=O)NC(C)c2ccc(OCC(C)C)cc2)C1(C)C.Cl. The topological polar surface area (TPSA) is 73.6 Å². The molecule has 5 nitrogen and oxygen atoms in total. The lowest BCUT2D eigenvalue weighted by atomic mass is 9.54. The molecule has 1 amide bonds. The fourth-order valence-corrected chi connectivity index (χ4v) is 3.34. The normalized spacial score (nSPS) is 24.5. The van der Waals surface area contributed by atoms with Gasteiger partial charge in [-0.1, -0.05) is 39.8 Å². The Labute approximate surface area is 169 Å². The van der Waals surface area contributed by atoms with Crippen molar-refractivity contribution in [1.82, 2.24) is 5.32 Å². The van der Waals surface area contributed by atoms with Crippen molar-refractivity contribution in [1.29, 1.82) is 0 Å². The molecule has 0 aromatic heterocycles. The summed E-state index contributed by atoms with van der Waals surface area (Å²) >= 11 is 0. The lowest BCUT2D eigenvalue weighted by molar-refractivity contribution is -0.171. The Morgan fingerprint density at radius 3 is 2.33 bits per heavy atom. The van der Waals surface area contributed by atoms with Gasteiger partial charge in [-0.05, 0) is 37.5 Å². The summed E-state index contributed by atoms with van der Waals surface area (Å²) in [7, 11) is 0. The van der Waals surface area contributed by atoms with Crippen LogP contribution in [0.25, 0.3) is 0 Å². The summed E-state index contributed by atoms with van der Waals surface area (Å²) in [4.78, 5) is 12.8. The fraction of sp³-hybridized carbons (Fsp3) is 0.667. The second-order valence-electron chi connectivity index (χ2n) is 8.31. The number of nitrogens with two attached hydrogens (primary N) is 1. The molecule has 1 aromatic carbocycles. The van der Waals surface area contributed by atoms with E-state index in [0.29, 0.717) is 25.6 Å². The molecule has 1 fully saturated rings. The standard InChI is InChI=1S/C21H34N2O3.ClH/c1-7-25-18-12-21(22,20(18,5)6)19(24)23-15(4)16-8-10-17(11-9-16)26-13-14(2)3;/h8-11,14-15,18H,7,12-13,22H2,1-6H3,(H,23,24);1H. The van der Waals surface area contributed by atoms with Crippen LogP contribution in [0.5, 0.6) is 5.75 Å². The van der Waals surface area contributed by atoms with E-state index in [0.717, 1.165) is 11.3 Å². The molecule has 0 saturated heterocycles. The van der Waals surface area contributed by atoms with Gasteiger partial charge in [0.25, 0.3) is 0 Å². The first kappa shape index (κ1) is 23.7. The maximum atomic E-state index is 12.8. The van der Waals surface area contributed by atoms with Crippen LogP contribution in [-0.2, 0) is 9.53 Å².